The summed E-state index contributed by atoms with van der Waals surface area (Å²) < 4.78 is 17.4. The summed E-state index contributed by atoms with van der Waals surface area (Å²) in [5.41, 5.74) is 6.75. The van der Waals surface area contributed by atoms with Crippen molar-refractivity contribution in [1.82, 2.24) is 5.32 Å². The largest absolute Gasteiger partial charge is 0.481 e. The summed E-state index contributed by atoms with van der Waals surface area (Å²) >= 11 is 0. The highest BCUT2D eigenvalue weighted by atomic mass is 16.7. The molecule has 2 heterocycles. The highest BCUT2D eigenvalue weighted by Gasteiger charge is 2.50. The summed E-state index contributed by atoms with van der Waals surface area (Å²) in [6.45, 7) is 13.0. The van der Waals surface area contributed by atoms with Gasteiger partial charge < -0.3 is 81.4 Å². The van der Waals surface area contributed by atoms with Gasteiger partial charge in [-0.25, -0.2) is 4.79 Å². The Morgan fingerprint density at radius 1 is 0.824 bits per heavy atom. The molecule has 0 saturated carbocycles. The molecule has 2 bridgehead atoms. The van der Waals surface area contributed by atoms with Gasteiger partial charge in [-0.1, -0.05) is 83.6 Å². The first-order valence-electron chi connectivity index (χ1n) is 26.5. The summed E-state index contributed by atoms with van der Waals surface area (Å²) in [5.74, 6) is -8.95. The van der Waals surface area contributed by atoms with E-state index < -0.39 is 139 Å². The zero-order valence-corrected chi connectivity index (χ0v) is 44.9. The first kappa shape index (κ1) is 66.3. The number of fused-ring (bicyclic) bond motifs is 2. The monoisotopic (exact) mass is 1060 g/mol. The van der Waals surface area contributed by atoms with Crippen LogP contribution in [-0.4, -0.2) is 173 Å². The first-order chi connectivity index (χ1) is 34.7. The zero-order chi connectivity index (χ0) is 55.9. The van der Waals surface area contributed by atoms with Crippen LogP contribution in [0.2, 0.25) is 0 Å². The van der Waals surface area contributed by atoms with Crippen LogP contribution < -0.4 is 11.1 Å². The number of aliphatic hydroxyl groups excluding tert-OH is 9. The molecule has 426 valence electrons. The third kappa shape index (κ3) is 24.0. The van der Waals surface area contributed by atoms with Crippen molar-refractivity contribution < 1.29 is 84.8 Å². The van der Waals surface area contributed by atoms with Crippen molar-refractivity contribution in [2.24, 2.45) is 46.2 Å². The average Bonchev–Trinajstić information content (AvgIpc) is 3.32. The maximum absolute atomic E-state index is 13.5. The molecule has 19 atom stereocenters. The number of esters is 2. The lowest BCUT2D eigenvalue weighted by Crippen LogP contribution is -2.60. The molecule has 0 aromatic heterocycles. The summed E-state index contributed by atoms with van der Waals surface area (Å²) in [6.07, 6.45) is -1.85. The Morgan fingerprint density at radius 3 is 2.15 bits per heavy atom. The second kappa shape index (κ2) is 33.4. The number of nitrogens with zero attached hydrogens (tertiary/aromatic N) is 1. The molecule has 2 aliphatic rings. The van der Waals surface area contributed by atoms with Crippen molar-refractivity contribution >= 4 is 23.9 Å². The van der Waals surface area contributed by atoms with Crippen molar-refractivity contribution in [3.05, 3.63) is 48.1 Å². The normalized spacial score (nSPS) is 38.0. The van der Waals surface area contributed by atoms with E-state index in [1.54, 1.807) is 40.8 Å². The van der Waals surface area contributed by atoms with Crippen LogP contribution in [0.25, 0.3) is 0 Å². The van der Waals surface area contributed by atoms with Crippen molar-refractivity contribution in [2.45, 2.75) is 217 Å². The van der Waals surface area contributed by atoms with Crippen LogP contribution in [-0.2, 0) is 28.6 Å². The minimum atomic E-state index is -2.52. The number of carboxylic acids is 1. The number of unbranched alkanes of at least 4 members (excludes halogenated alkanes) is 2. The number of rotatable bonds is 13. The lowest BCUT2D eigenvalue weighted by Gasteiger charge is -2.45. The molecule has 74 heavy (non-hydrogen) atoms. The molecule has 0 radical (unpaired) electrons. The summed E-state index contributed by atoms with van der Waals surface area (Å²) in [5, 5.41) is 124. The number of nitrogens with two attached hydrogens (primary N) is 1. The van der Waals surface area contributed by atoms with Gasteiger partial charge in [0.15, 0.2) is 11.7 Å². The number of nitrogens with one attached hydrogen (secondary N) is 1. The highest BCUT2D eigenvalue weighted by molar-refractivity contribution is 5.90. The number of allylic oxidation sites excluding steroid dienone is 4. The standard InChI is InChI=1S/C54H93N3O17/c1-31(15-13-11-9-10-12-14-22-57-53(55)56-8)23-35(5)51-34(4)17-20-42(60)36(6)44(62)25-38(58)24-39(72-50(69)29-48(66)67)26-40-27-46(64)52(70)54(71,74-40)30-47(65)33(3)16-19-41(59)37(7)45(63)28-43(61)32(2)18-21-49(68)73-51/h9-10,15,17-18,20-21,32-47,51-52,58-65,70-71H,11-14,16,19,22-30H2,1-8H3,(H,66,67)(H3,55,56,57)/b10-9+,20-17-,21-18-,31-15+/t32-,33-,34-,35-,36+,37-,38+,39-,40+,41-,42+,43-,44-,45-,46+,47-,51-,52+,54-/m1/s1. The van der Waals surface area contributed by atoms with Gasteiger partial charge in [-0.3, -0.25) is 14.6 Å². The fourth-order valence-electron chi connectivity index (χ4n) is 9.43. The molecule has 0 spiro atoms. The fourth-order valence-corrected chi connectivity index (χ4v) is 9.43. The predicted molar refractivity (Wildman–Crippen MR) is 278 cm³/mol. The van der Waals surface area contributed by atoms with Crippen molar-refractivity contribution in [3.8, 4) is 0 Å². The van der Waals surface area contributed by atoms with E-state index in [-0.39, 0.29) is 50.9 Å². The number of aliphatic imine (C=N–C) groups is 1. The third-order valence-corrected chi connectivity index (χ3v) is 14.6. The van der Waals surface area contributed by atoms with E-state index in [1.165, 1.54) is 18.2 Å². The number of hydrogen-bond donors (Lipinski definition) is 13. The molecule has 0 unspecified atom stereocenters. The lowest BCUT2D eigenvalue weighted by atomic mass is 9.83. The van der Waals surface area contributed by atoms with Gasteiger partial charge in [-0.2, -0.15) is 0 Å². The van der Waals surface area contributed by atoms with Crippen LogP contribution in [0.15, 0.2) is 53.1 Å². The van der Waals surface area contributed by atoms with Gasteiger partial charge in [-0.05, 0) is 70.1 Å². The fraction of sp³-hybridized carbons (Fsp3) is 0.778. The summed E-state index contributed by atoms with van der Waals surface area (Å²) in [4.78, 5) is 41.3. The average molecular weight is 1060 g/mol. The molecule has 0 amide bonds. The van der Waals surface area contributed by atoms with Gasteiger partial charge >= 0.3 is 17.9 Å². The molecule has 20 heteroatoms. The third-order valence-electron chi connectivity index (χ3n) is 14.6. The topological polar surface area (TPSA) is 352 Å². The van der Waals surface area contributed by atoms with Crippen LogP contribution in [0, 0.1) is 35.5 Å². The number of carboxylic acid groups (broad SMARTS) is 1. The van der Waals surface area contributed by atoms with Crippen molar-refractivity contribution in [3.63, 3.8) is 0 Å². The zero-order valence-electron chi connectivity index (χ0n) is 44.9. The molecule has 1 saturated heterocycles. The van der Waals surface area contributed by atoms with E-state index in [1.807, 2.05) is 20.8 Å². The molecular weight excluding hydrogens is 963 g/mol. The molecule has 1 fully saturated rings. The Balaban J connectivity index is 2.44. The van der Waals surface area contributed by atoms with Gasteiger partial charge in [-0.15, -0.1) is 0 Å². The van der Waals surface area contributed by atoms with E-state index >= 15 is 0 Å². The number of hydrogen-bond acceptors (Lipinski definition) is 17. The Bertz CT molecular complexity index is 1830. The Kier molecular flexibility index (Phi) is 29.9. The number of aliphatic carboxylic acids is 1. The Hall–Kier alpha value is -3.80. The molecule has 2 rings (SSSR count). The van der Waals surface area contributed by atoms with E-state index in [0.717, 1.165) is 37.8 Å². The van der Waals surface area contributed by atoms with Crippen LogP contribution in [0.1, 0.15) is 138 Å². The van der Waals surface area contributed by atoms with E-state index in [0.29, 0.717) is 12.4 Å². The number of cyclic esters (lactones) is 1. The number of carbonyl (C=O) groups excluding carboxylic acids is 2. The van der Waals surface area contributed by atoms with Crippen LogP contribution >= 0.6 is 0 Å². The summed E-state index contributed by atoms with van der Waals surface area (Å²) in [6, 6.07) is 0. The van der Waals surface area contributed by atoms with Gasteiger partial charge in [0.1, 0.15) is 24.7 Å². The van der Waals surface area contributed by atoms with Crippen molar-refractivity contribution in [1.29, 1.82) is 0 Å². The van der Waals surface area contributed by atoms with Gasteiger partial charge in [0.2, 0.25) is 0 Å². The van der Waals surface area contributed by atoms with Crippen LogP contribution in [0.3, 0.4) is 0 Å². The molecule has 0 aromatic carbocycles. The smallest absolute Gasteiger partial charge is 0.330 e. The van der Waals surface area contributed by atoms with Gasteiger partial charge in [0.05, 0.1) is 54.9 Å². The maximum atomic E-state index is 13.5. The van der Waals surface area contributed by atoms with Crippen LogP contribution in [0.5, 0.6) is 0 Å². The molecule has 14 N–H and O–H groups in total. The second-order valence-corrected chi connectivity index (χ2v) is 21.2. The van der Waals surface area contributed by atoms with Gasteiger partial charge in [0, 0.05) is 75.4 Å². The molecule has 0 aromatic rings. The Labute approximate surface area is 438 Å². The SMILES string of the molecule is CN=C(N)NCCC/C=C/CC/C=C(\C)C[C@@H](C)[C@@H]1OC(=O)/C=C\[C@@H](C)[C@H](O)C[C@@H](O)[C@H](C)[C@H](O)CC[C@@H](C)[C@H](O)C[C@@]2(O)O[C@@H](C[C@H](OC(=O)CC(=O)O)C[C@H](O)C[C@@H](O)[C@@H](C)[C@@H](O)/C=C\[C@H]1C)C[C@H](O)[C@@H]2O. The Morgan fingerprint density at radius 2 is 1.49 bits per heavy atom. The first-order valence-corrected chi connectivity index (χ1v) is 26.5. The number of ether oxygens (including phenoxy) is 3. The van der Waals surface area contributed by atoms with E-state index in [2.05, 4.69) is 28.5 Å². The van der Waals surface area contributed by atoms with Crippen molar-refractivity contribution in [2.75, 3.05) is 13.6 Å². The second-order valence-electron chi connectivity index (χ2n) is 21.2. The summed E-state index contributed by atoms with van der Waals surface area (Å²) in [7, 11) is 1.63. The minimum Gasteiger partial charge on any atom is -0.481 e. The number of guanidine groups is 1. The maximum Gasteiger partial charge on any atom is 0.330 e. The van der Waals surface area contributed by atoms with Gasteiger partial charge in [0.25, 0.3) is 0 Å². The number of aliphatic hydroxyl groups is 10. The minimum absolute atomic E-state index is 0.0876. The van der Waals surface area contributed by atoms with E-state index in [9.17, 15) is 70.6 Å². The van der Waals surface area contributed by atoms with E-state index in [4.69, 9.17) is 19.9 Å². The highest BCUT2D eigenvalue weighted by Crippen LogP contribution is 2.36. The predicted octanol–water partition coefficient (Wildman–Crippen LogP) is 2.67. The molecule has 20 nitrogen and oxygen atoms in total. The lowest BCUT2D eigenvalue weighted by molar-refractivity contribution is -0.333. The van der Waals surface area contributed by atoms with Crippen LogP contribution in [0.4, 0.5) is 0 Å². The number of carbonyl (C=O) groups is 3. The molecule has 0 aliphatic carbocycles. The quantitative estimate of drug-likeness (QED) is 0.0315. The molecular formula is C54H93N3O17. The molecule has 2 aliphatic heterocycles.